The van der Waals surface area contributed by atoms with Gasteiger partial charge in [0.1, 0.15) is 0 Å². The Morgan fingerprint density at radius 2 is 1.46 bits per heavy atom. The Hall–Kier alpha value is -0.830. The third kappa shape index (κ3) is 1.75. The van der Waals surface area contributed by atoms with Crippen LogP contribution in [0, 0.1) is 5.41 Å². The molecule has 0 aromatic rings. The summed E-state index contributed by atoms with van der Waals surface area (Å²) in [5.74, 6) is -2.62. The number of aliphatic carboxylic acids is 2. The number of carboxylic acid groups (broad SMARTS) is 2. The van der Waals surface area contributed by atoms with Gasteiger partial charge >= 0.3 is 11.9 Å². The molecule has 74 valence electrons. The maximum atomic E-state index is 11.0. The van der Waals surface area contributed by atoms with Crippen molar-refractivity contribution in [1.29, 1.82) is 0 Å². The summed E-state index contributed by atoms with van der Waals surface area (Å²) in [4.78, 5) is 21.5. The number of carboxylic acids is 2. The third-order valence-electron chi connectivity index (χ3n) is 2.48. The molecule has 1 fully saturated rings. The van der Waals surface area contributed by atoms with Crippen LogP contribution in [0.25, 0.3) is 0 Å². The highest BCUT2D eigenvalue weighted by atomic mass is 31.1. The van der Waals surface area contributed by atoms with Gasteiger partial charge in [-0.3, -0.25) is 9.59 Å². The fourth-order valence-electron chi connectivity index (χ4n) is 1.47. The largest absolute Gasteiger partial charge is 0.480 e. The monoisotopic (exact) mass is 206 g/mol. The van der Waals surface area contributed by atoms with Crippen LogP contribution in [0.15, 0.2) is 0 Å². The van der Waals surface area contributed by atoms with E-state index in [0.717, 1.165) is 0 Å². The normalized spacial score (nSPS) is 22.5. The first-order valence-corrected chi connectivity index (χ1v) is 5.80. The zero-order valence-corrected chi connectivity index (χ0v) is 7.95. The molecule has 0 spiro atoms. The summed E-state index contributed by atoms with van der Waals surface area (Å²) in [5, 5.41) is 17.5. The molecule has 1 aliphatic heterocycles. The van der Waals surface area contributed by atoms with E-state index in [9.17, 15) is 14.2 Å². The maximum Gasteiger partial charge on any atom is 0.321 e. The molecule has 0 unspecified atom stereocenters. The topological polar surface area (TPSA) is 91.7 Å². The minimum Gasteiger partial charge on any atom is -0.480 e. The van der Waals surface area contributed by atoms with Crippen LogP contribution in [0.3, 0.4) is 0 Å². The average molecular weight is 206 g/mol. The first-order valence-electron chi connectivity index (χ1n) is 3.97. The molecule has 13 heavy (non-hydrogen) atoms. The van der Waals surface area contributed by atoms with Crippen LogP contribution in [0.5, 0.6) is 0 Å². The lowest BCUT2D eigenvalue weighted by Crippen LogP contribution is -2.42. The van der Waals surface area contributed by atoms with E-state index in [4.69, 9.17) is 10.2 Å². The second-order valence-electron chi connectivity index (χ2n) is 3.23. The lowest BCUT2D eigenvalue weighted by Gasteiger charge is -2.28. The first-order chi connectivity index (χ1) is 5.99. The molecule has 0 bridgehead atoms. The summed E-state index contributed by atoms with van der Waals surface area (Å²) >= 11 is 0. The molecule has 5 nitrogen and oxygen atoms in total. The standard InChI is InChI=1S/C7H11O5P/c8-5(9)7(6(10)11)1-3-13(12)4-2-7/h13H,1-4H2,(H,8,9)(H,10,11). The molecule has 1 aliphatic rings. The highest BCUT2D eigenvalue weighted by molar-refractivity contribution is 7.44. The zero-order chi connectivity index (χ0) is 10.1. The highest BCUT2D eigenvalue weighted by Gasteiger charge is 2.48. The van der Waals surface area contributed by atoms with Crippen LogP contribution < -0.4 is 0 Å². The minimum absolute atomic E-state index is 0.00450. The molecule has 6 heteroatoms. The summed E-state index contributed by atoms with van der Waals surface area (Å²) < 4.78 is 11.0. The van der Waals surface area contributed by atoms with Crippen LogP contribution >= 0.6 is 7.80 Å². The SMILES string of the molecule is O=C(O)C1(C(=O)O)CC[PH](=O)CC1. The van der Waals surface area contributed by atoms with Gasteiger partial charge in [0.2, 0.25) is 0 Å². The van der Waals surface area contributed by atoms with Crippen molar-refractivity contribution in [3.8, 4) is 0 Å². The van der Waals surface area contributed by atoms with Gasteiger partial charge in [-0.05, 0) is 12.8 Å². The summed E-state index contributed by atoms with van der Waals surface area (Å²) in [7, 11) is -1.71. The zero-order valence-electron chi connectivity index (χ0n) is 6.95. The summed E-state index contributed by atoms with van der Waals surface area (Å²) in [6.45, 7) is 0. The minimum atomic E-state index is -1.71. The molecule has 0 amide bonds. The van der Waals surface area contributed by atoms with Crippen LogP contribution in [0.2, 0.25) is 0 Å². The predicted octanol–water partition coefficient (Wildman–Crippen LogP) is 0.495. The van der Waals surface area contributed by atoms with Crippen molar-refractivity contribution in [1.82, 2.24) is 0 Å². The summed E-state index contributed by atoms with van der Waals surface area (Å²) in [6, 6.07) is 0. The van der Waals surface area contributed by atoms with Gasteiger partial charge in [0.05, 0.1) is 7.80 Å². The second kappa shape index (κ2) is 3.50. The molecule has 0 aliphatic carbocycles. The Kier molecular flexibility index (Phi) is 2.76. The first kappa shape index (κ1) is 10.3. The van der Waals surface area contributed by atoms with Gasteiger partial charge in [-0.1, -0.05) is 0 Å². The molecule has 0 radical (unpaired) electrons. The fraction of sp³-hybridized carbons (Fsp3) is 0.714. The van der Waals surface area contributed by atoms with Crippen LogP contribution in [-0.2, 0) is 14.2 Å². The number of rotatable bonds is 2. The van der Waals surface area contributed by atoms with E-state index in [-0.39, 0.29) is 25.2 Å². The average Bonchev–Trinajstić information content (AvgIpc) is 2.04. The van der Waals surface area contributed by atoms with E-state index >= 15 is 0 Å². The van der Waals surface area contributed by atoms with Crippen molar-refractivity contribution in [2.45, 2.75) is 12.8 Å². The molecule has 1 saturated heterocycles. The molecule has 0 atom stereocenters. The number of hydrogen-bond acceptors (Lipinski definition) is 3. The molecular formula is C7H11O5P. The molecule has 1 rings (SSSR count). The van der Waals surface area contributed by atoms with Crippen LogP contribution in [-0.4, -0.2) is 34.5 Å². The van der Waals surface area contributed by atoms with Crippen LogP contribution in [0.1, 0.15) is 12.8 Å². The van der Waals surface area contributed by atoms with Gasteiger partial charge in [0.25, 0.3) is 0 Å². The Labute approximate surface area is 75.5 Å². The van der Waals surface area contributed by atoms with Crippen LogP contribution in [0.4, 0.5) is 0 Å². The second-order valence-corrected chi connectivity index (χ2v) is 5.31. The molecule has 0 saturated carbocycles. The Morgan fingerprint density at radius 1 is 1.08 bits per heavy atom. The predicted molar refractivity (Wildman–Crippen MR) is 45.7 cm³/mol. The fourth-order valence-corrected chi connectivity index (χ4v) is 3.14. The van der Waals surface area contributed by atoms with Gasteiger partial charge in [-0.15, -0.1) is 0 Å². The van der Waals surface area contributed by atoms with E-state index in [1.54, 1.807) is 0 Å². The van der Waals surface area contributed by atoms with Gasteiger partial charge in [0.15, 0.2) is 5.41 Å². The van der Waals surface area contributed by atoms with E-state index < -0.39 is 25.2 Å². The van der Waals surface area contributed by atoms with E-state index in [2.05, 4.69) is 0 Å². The van der Waals surface area contributed by atoms with Crippen molar-refractivity contribution >= 4 is 19.7 Å². The van der Waals surface area contributed by atoms with Crippen molar-refractivity contribution < 1.29 is 24.4 Å². The van der Waals surface area contributed by atoms with Gasteiger partial charge in [-0.2, -0.15) is 0 Å². The summed E-state index contributed by atoms with van der Waals surface area (Å²) in [5.41, 5.74) is -1.68. The Balaban J connectivity index is 2.87. The molecule has 2 N–H and O–H groups in total. The summed E-state index contributed by atoms with van der Waals surface area (Å²) in [6.07, 6.45) is 0.470. The lowest BCUT2D eigenvalue weighted by molar-refractivity contribution is -0.165. The third-order valence-corrected chi connectivity index (χ3v) is 4.10. The molecule has 1 heterocycles. The lowest BCUT2D eigenvalue weighted by atomic mass is 9.82. The number of carbonyl (C=O) groups is 2. The van der Waals surface area contributed by atoms with E-state index in [0.29, 0.717) is 0 Å². The van der Waals surface area contributed by atoms with Crippen molar-refractivity contribution in [3.05, 3.63) is 0 Å². The smallest absolute Gasteiger partial charge is 0.321 e. The highest BCUT2D eigenvalue weighted by Crippen LogP contribution is 2.41. The van der Waals surface area contributed by atoms with Crippen molar-refractivity contribution in [2.24, 2.45) is 5.41 Å². The molecular weight excluding hydrogens is 195 g/mol. The van der Waals surface area contributed by atoms with E-state index in [1.807, 2.05) is 0 Å². The molecule has 0 aromatic heterocycles. The Morgan fingerprint density at radius 3 is 1.77 bits per heavy atom. The van der Waals surface area contributed by atoms with Gasteiger partial charge in [0, 0.05) is 12.3 Å². The van der Waals surface area contributed by atoms with E-state index in [1.165, 1.54) is 0 Å². The van der Waals surface area contributed by atoms with Gasteiger partial charge in [-0.25, -0.2) is 0 Å². The quantitative estimate of drug-likeness (QED) is 0.506. The van der Waals surface area contributed by atoms with Crippen molar-refractivity contribution in [2.75, 3.05) is 12.3 Å². The Bertz CT molecular complexity index is 246. The molecule has 0 aromatic carbocycles. The van der Waals surface area contributed by atoms with Gasteiger partial charge < -0.3 is 14.8 Å². The number of hydrogen-bond donors (Lipinski definition) is 2. The van der Waals surface area contributed by atoms with Crippen molar-refractivity contribution in [3.63, 3.8) is 0 Å². The maximum absolute atomic E-state index is 11.0.